The molecule has 0 spiro atoms. The highest BCUT2D eigenvalue weighted by Gasteiger charge is 2.30. The number of carbonyl (C=O) groups excluding carboxylic acids is 2. The molecule has 2 aliphatic rings. The number of non-ortho nitro benzene ring substituents is 1. The zero-order chi connectivity index (χ0) is 18.7. The van der Waals surface area contributed by atoms with Crippen LogP contribution < -0.4 is 4.90 Å². The fourth-order valence-electron chi connectivity index (χ4n) is 3.79. The molecular formula is C18H23N3O5. The minimum absolute atomic E-state index is 0.149. The number of hydrogen-bond acceptors (Lipinski definition) is 6. The van der Waals surface area contributed by atoms with Crippen molar-refractivity contribution in [3.05, 3.63) is 33.9 Å². The Balaban J connectivity index is 1.73. The predicted octanol–water partition coefficient (Wildman–Crippen LogP) is 2.22. The van der Waals surface area contributed by atoms with Crippen molar-refractivity contribution in [2.45, 2.75) is 25.7 Å². The number of rotatable bonds is 4. The number of ether oxygens (including phenoxy) is 1. The fourth-order valence-corrected chi connectivity index (χ4v) is 3.79. The van der Waals surface area contributed by atoms with E-state index in [0.717, 1.165) is 25.7 Å². The van der Waals surface area contributed by atoms with Crippen LogP contribution in [-0.2, 0) is 9.53 Å². The van der Waals surface area contributed by atoms with Crippen molar-refractivity contribution < 1.29 is 19.2 Å². The van der Waals surface area contributed by atoms with Gasteiger partial charge in [0.2, 0.25) is 5.91 Å². The molecule has 1 aromatic rings. The van der Waals surface area contributed by atoms with Gasteiger partial charge in [0.15, 0.2) is 0 Å². The molecule has 1 saturated heterocycles. The van der Waals surface area contributed by atoms with Gasteiger partial charge in [0.25, 0.3) is 5.69 Å². The van der Waals surface area contributed by atoms with E-state index >= 15 is 0 Å². The smallest absolute Gasteiger partial charge is 0.340 e. The van der Waals surface area contributed by atoms with Crippen molar-refractivity contribution in [2.24, 2.45) is 5.92 Å². The summed E-state index contributed by atoms with van der Waals surface area (Å²) < 4.78 is 4.78. The molecule has 0 N–H and O–H groups in total. The molecule has 1 aromatic carbocycles. The number of anilines is 1. The van der Waals surface area contributed by atoms with Gasteiger partial charge in [-0.3, -0.25) is 14.9 Å². The number of nitro groups is 1. The second-order valence-electron chi connectivity index (χ2n) is 6.74. The summed E-state index contributed by atoms with van der Waals surface area (Å²) >= 11 is 0. The number of piperazine rings is 1. The molecule has 0 atom stereocenters. The van der Waals surface area contributed by atoms with Gasteiger partial charge in [0.05, 0.1) is 23.3 Å². The predicted molar refractivity (Wildman–Crippen MR) is 95.2 cm³/mol. The summed E-state index contributed by atoms with van der Waals surface area (Å²) in [6, 6.07) is 4.22. The van der Waals surface area contributed by atoms with Gasteiger partial charge in [-0.2, -0.15) is 0 Å². The molecule has 0 radical (unpaired) electrons. The van der Waals surface area contributed by atoms with Crippen LogP contribution in [0.2, 0.25) is 0 Å². The van der Waals surface area contributed by atoms with Gasteiger partial charge in [0.1, 0.15) is 0 Å². The summed E-state index contributed by atoms with van der Waals surface area (Å²) in [5.74, 6) is -0.209. The number of carbonyl (C=O) groups is 2. The average molecular weight is 361 g/mol. The number of nitrogens with zero attached hydrogens (tertiary/aromatic N) is 3. The van der Waals surface area contributed by atoms with Crippen LogP contribution in [0.5, 0.6) is 0 Å². The Hall–Kier alpha value is -2.64. The molecule has 1 aliphatic heterocycles. The molecule has 26 heavy (non-hydrogen) atoms. The molecule has 1 heterocycles. The number of benzene rings is 1. The normalized spacial score (nSPS) is 18.0. The Morgan fingerprint density at radius 2 is 1.81 bits per heavy atom. The summed E-state index contributed by atoms with van der Waals surface area (Å²) in [6.45, 7) is 2.35. The maximum Gasteiger partial charge on any atom is 0.340 e. The van der Waals surface area contributed by atoms with Gasteiger partial charge >= 0.3 is 5.97 Å². The van der Waals surface area contributed by atoms with Crippen molar-refractivity contribution in [3.63, 3.8) is 0 Å². The lowest BCUT2D eigenvalue weighted by atomic mass is 10.1. The first-order valence-corrected chi connectivity index (χ1v) is 8.91. The van der Waals surface area contributed by atoms with Crippen molar-refractivity contribution in [1.82, 2.24) is 4.90 Å². The van der Waals surface area contributed by atoms with Gasteiger partial charge in [-0.05, 0) is 18.9 Å². The summed E-state index contributed by atoms with van der Waals surface area (Å²) in [5.41, 5.74) is 0.636. The van der Waals surface area contributed by atoms with Crippen molar-refractivity contribution >= 4 is 23.3 Å². The Morgan fingerprint density at radius 3 is 2.38 bits per heavy atom. The highest BCUT2D eigenvalue weighted by atomic mass is 16.6. The molecule has 1 saturated carbocycles. The summed E-state index contributed by atoms with van der Waals surface area (Å²) in [6.07, 6.45) is 4.21. The largest absolute Gasteiger partial charge is 0.465 e. The number of nitro benzene ring substituents is 1. The Kier molecular flexibility index (Phi) is 5.39. The molecule has 140 valence electrons. The molecule has 0 aromatic heterocycles. The second-order valence-corrected chi connectivity index (χ2v) is 6.74. The van der Waals surface area contributed by atoms with Crippen LogP contribution in [0.25, 0.3) is 0 Å². The lowest BCUT2D eigenvalue weighted by molar-refractivity contribution is -0.384. The van der Waals surface area contributed by atoms with Gasteiger partial charge in [-0.1, -0.05) is 12.8 Å². The highest BCUT2D eigenvalue weighted by molar-refractivity contribution is 5.96. The maximum atomic E-state index is 12.5. The first-order valence-electron chi connectivity index (χ1n) is 8.91. The molecule has 1 amide bonds. The number of esters is 1. The van der Waals surface area contributed by atoms with E-state index in [0.29, 0.717) is 31.9 Å². The SMILES string of the molecule is COC(=O)c1cc([N+](=O)[O-])ccc1N1CCN(C(=O)C2CCCC2)CC1. The van der Waals surface area contributed by atoms with E-state index in [1.807, 2.05) is 9.80 Å². The molecular weight excluding hydrogens is 338 g/mol. The first-order chi connectivity index (χ1) is 12.5. The van der Waals surface area contributed by atoms with Crippen LogP contribution in [0.15, 0.2) is 18.2 Å². The zero-order valence-corrected chi connectivity index (χ0v) is 14.8. The van der Waals surface area contributed by atoms with Crippen molar-refractivity contribution in [3.8, 4) is 0 Å². The second kappa shape index (κ2) is 7.72. The highest BCUT2D eigenvalue weighted by Crippen LogP contribution is 2.29. The molecule has 0 unspecified atom stereocenters. The Bertz CT molecular complexity index is 707. The van der Waals surface area contributed by atoms with E-state index in [4.69, 9.17) is 4.74 Å². The maximum absolute atomic E-state index is 12.5. The molecule has 1 aliphatic carbocycles. The number of amides is 1. The number of hydrogen-bond donors (Lipinski definition) is 0. The Labute approximate surface area is 151 Å². The van der Waals surface area contributed by atoms with E-state index in [1.165, 1.54) is 19.2 Å². The van der Waals surface area contributed by atoms with Crippen molar-refractivity contribution in [1.29, 1.82) is 0 Å². The molecule has 2 fully saturated rings. The standard InChI is InChI=1S/C18H23N3O5/c1-26-18(23)15-12-14(21(24)25)6-7-16(15)19-8-10-20(11-9-19)17(22)13-4-2-3-5-13/h6-7,12-13H,2-5,8-11H2,1H3. The summed E-state index contributed by atoms with van der Waals surface area (Å²) in [4.78, 5) is 38.9. The van der Waals surface area contributed by atoms with Crippen LogP contribution in [0.4, 0.5) is 11.4 Å². The molecule has 8 heteroatoms. The Morgan fingerprint density at radius 1 is 1.15 bits per heavy atom. The van der Waals surface area contributed by atoms with Crippen LogP contribution >= 0.6 is 0 Å². The third-order valence-corrected chi connectivity index (χ3v) is 5.23. The van der Waals surface area contributed by atoms with Crippen LogP contribution in [0.3, 0.4) is 0 Å². The minimum atomic E-state index is -0.604. The third kappa shape index (κ3) is 3.63. The van der Waals surface area contributed by atoms with E-state index in [9.17, 15) is 19.7 Å². The number of methoxy groups -OCH3 is 1. The quantitative estimate of drug-likeness (QED) is 0.464. The third-order valence-electron chi connectivity index (χ3n) is 5.23. The van der Waals surface area contributed by atoms with Gasteiger partial charge < -0.3 is 14.5 Å². The van der Waals surface area contributed by atoms with E-state index < -0.39 is 10.9 Å². The lowest BCUT2D eigenvalue weighted by Crippen LogP contribution is -2.50. The van der Waals surface area contributed by atoms with Gasteiger partial charge in [-0.15, -0.1) is 0 Å². The van der Waals surface area contributed by atoms with Gasteiger partial charge in [0, 0.05) is 44.2 Å². The average Bonchev–Trinajstić information content (AvgIpc) is 3.21. The fraction of sp³-hybridized carbons (Fsp3) is 0.556. The van der Waals surface area contributed by atoms with Crippen molar-refractivity contribution in [2.75, 3.05) is 38.2 Å². The van der Waals surface area contributed by atoms with Crippen LogP contribution in [-0.4, -0.2) is 55.0 Å². The van der Waals surface area contributed by atoms with E-state index in [1.54, 1.807) is 6.07 Å². The van der Waals surface area contributed by atoms with Gasteiger partial charge in [-0.25, -0.2) is 4.79 Å². The topological polar surface area (TPSA) is 93.0 Å². The summed E-state index contributed by atoms with van der Waals surface area (Å²) in [5, 5.41) is 11.0. The molecule has 8 nitrogen and oxygen atoms in total. The lowest BCUT2D eigenvalue weighted by Gasteiger charge is -2.37. The minimum Gasteiger partial charge on any atom is -0.465 e. The zero-order valence-electron chi connectivity index (χ0n) is 14.8. The molecule has 0 bridgehead atoms. The van der Waals surface area contributed by atoms with E-state index in [-0.39, 0.29) is 23.1 Å². The van der Waals surface area contributed by atoms with E-state index in [2.05, 4.69) is 0 Å². The first kappa shape index (κ1) is 18.2. The van der Waals surface area contributed by atoms with Crippen LogP contribution in [0, 0.1) is 16.0 Å². The molecule has 3 rings (SSSR count). The monoisotopic (exact) mass is 361 g/mol. The van der Waals surface area contributed by atoms with Crippen LogP contribution in [0.1, 0.15) is 36.0 Å². The summed E-state index contributed by atoms with van der Waals surface area (Å²) in [7, 11) is 1.25.